The van der Waals surface area contributed by atoms with Crippen molar-refractivity contribution in [2.45, 2.75) is 58.5 Å². The Hall–Kier alpha value is -2.04. The van der Waals surface area contributed by atoms with Crippen LogP contribution in [0.1, 0.15) is 56.6 Å². The molecule has 1 aliphatic carbocycles. The first kappa shape index (κ1) is 18.3. The van der Waals surface area contributed by atoms with Crippen LogP contribution in [0.25, 0.3) is 0 Å². The normalized spacial score (nSPS) is 20.7. The summed E-state index contributed by atoms with van der Waals surface area (Å²) in [6, 6.07) is 8.35. The summed E-state index contributed by atoms with van der Waals surface area (Å²) in [5.41, 5.74) is 3.16. The summed E-state index contributed by atoms with van der Waals surface area (Å²) in [6.07, 6.45) is 6.88. The van der Waals surface area contributed by atoms with Crippen LogP contribution in [-0.2, 0) is 17.9 Å². The minimum Gasteiger partial charge on any atom is -0.357 e. The van der Waals surface area contributed by atoms with Crippen molar-refractivity contribution in [3.8, 4) is 0 Å². The van der Waals surface area contributed by atoms with Crippen LogP contribution < -0.4 is 5.32 Å². The summed E-state index contributed by atoms with van der Waals surface area (Å²) in [7, 11) is 0. The number of hydrogen-bond donors (Lipinski definition) is 1. The van der Waals surface area contributed by atoms with Crippen LogP contribution in [0.2, 0.25) is 0 Å². The maximum Gasteiger partial charge on any atom is 0.223 e. The third-order valence-corrected chi connectivity index (χ3v) is 6.49. The number of nitrogens with zero attached hydrogens (tertiary/aromatic N) is 3. The van der Waals surface area contributed by atoms with Gasteiger partial charge in [0.15, 0.2) is 5.96 Å². The van der Waals surface area contributed by atoms with E-state index in [2.05, 4.69) is 41.4 Å². The van der Waals surface area contributed by atoms with Crippen molar-refractivity contribution >= 4 is 11.9 Å². The maximum absolute atomic E-state index is 12.5. The molecule has 4 rings (SSSR count). The Morgan fingerprint density at radius 2 is 1.89 bits per heavy atom. The molecule has 0 atom stereocenters. The summed E-state index contributed by atoms with van der Waals surface area (Å²) in [4.78, 5) is 21.7. The van der Waals surface area contributed by atoms with Gasteiger partial charge in [0.05, 0.1) is 0 Å². The molecule has 0 aromatic heterocycles. The fraction of sp³-hybridized carbons (Fsp3) is 0.636. The van der Waals surface area contributed by atoms with E-state index < -0.39 is 0 Å². The number of carbonyl (C=O) groups is 1. The number of nitrogens with one attached hydrogen (secondary N) is 1. The van der Waals surface area contributed by atoms with Gasteiger partial charge < -0.3 is 15.1 Å². The van der Waals surface area contributed by atoms with Gasteiger partial charge in [0, 0.05) is 45.7 Å². The van der Waals surface area contributed by atoms with Crippen molar-refractivity contribution in [2.75, 3.05) is 26.2 Å². The highest BCUT2D eigenvalue weighted by atomic mass is 16.2. The lowest BCUT2D eigenvalue weighted by molar-refractivity contribution is -0.131. The first-order chi connectivity index (χ1) is 13.2. The van der Waals surface area contributed by atoms with E-state index >= 15 is 0 Å². The highest BCUT2D eigenvalue weighted by Crippen LogP contribution is 2.47. The number of aliphatic imine (C=N–C) groups is 1. The van der Waals surface area contributed by atoms with E-state index in [1.165, 1.54) is 36.8 Å². The predicted molar refractivity (Wildman–Crippen MR) is 108 cm³/mol. The summed E-state index contributed by atoms with van der Waals surface area (Å²) in [5.74, 6) is 1.29. The van der Waals surface area contributed by atoms with Crippen LogP contribution in [0.15, 0.2) is 29.3 Å². The molecule has 2 heterocycles. The highest BCUT2D eigenvalue weighted by molar-refractivity contribution is 5.80. The number of amides is 1. The van der Waals surface area contributed by atoms with Crippen LogP contribution in [0.4, 0.5) is 0 Å². The number of rotatable bonds is 5. The summed E-state index contributed by atoms with van der Waals surface area (Å²) >= 11 is 0. The van der Waals surface area contributed by atoms with Gasteiger partial charge >= 0.3 is 0 Å². The molecule has 1 amide bonds. The highest BCUT2D eigenvalue weighted by Gasteiger charge is 2.43. The Balaban J connectivity index is 1.24. The minimum absolute atomic E-state index is 0.251. The molecule has 2 fully saturated rings. The van der Waals surface area contributed by atoms with Crippen LogP contribution in [0.5, 0.6) is 0 Å². The number of benzene rings is 1. The molecule has 1 aromatic carbocycles. The molecule has 3 aliphatic rings. The number of likely N-dealkylation sites (tertiary alicyclic amines) is 1. The molecule has 5 nitrogen and oxygen atoms in total. The Morgan fingerprint density at radius 3 is 2.48 bits per heavy atom. The van der Waals surface area contributed by atoms with E-state index in [-0.39, 0.29) is 5.91 Å². The Kier molecular flexibility index (Phi) is 5.37. The SMILES string of the molecule is CCNC(=NCCCC(=O)N1Cc2ccccc2C1)N1CCC2(CCC2)C1. The Labute approximate surface area is 162 Å². The molecule has 5 heteroatoms. The molecular weight excluding hydrogens is 336 g/mol. The lowest BCUT2D eigenvalue weighted by Crippen LogP contribution is -2.42. The molecule has 27 heavy (non-hydrogen) atoms. The zero-order valence-corrected chi connectivity index (χ0v) is 16.5. The van der Waals surface area contributed by atoms with E-state index in [0.29, 0.717) is 11.8 Å². The Morgan fingerprint density at radius 1 is 1.15 bits per heavy atom. The van der Waals surface area contributed by atoms with Crippen molar-refractivity contribution in [1.82, 2.24) is 15.1 Å². The molecule has 1 saturated carbocycles. The van der Waals surface area contributed by atoms with Gasteiger partial charge in [0.1, 0.15) is 0 Å². The fourth-order valence-electron chi connectivity index (χ4n) is 4.71. The van der Waals surface area contributed by atoms with E-state index in [1.54, 1.807) is 0 Å². The van der Waals surface area contributed by atoms with Crippen molar-refractivity contribution in [1.29, 1.82) is 0 Å². The Bertz CT molecular complexity index is 685. The third-order valence-electron chi connectivity index (χ3n) is 6.49. The van der Waals surface area contributed by atoms with E-state index in [9.17, 15) is 4.79 Å². The second-order valence-corrected chi connectivity index (χ2v) is 8.38. The number of hydrogen-bond acceptors (Lipinski definition) is 2. The van der Waals surface area contributed by atoms with E-state index in [1.807, 2.05) is 4.90 Å². The van der Waals surface area contributed by atoms with Gasteiger partial charge in [-0.3, -0.25) is 9.79 Å². The van der Waals surface area contributed by atoms with Crippen molar-refractivity contribution in [3.63, 3.8) is 0 Å². The molecule has 1 saturated heterocycles. The van der Waals surface area contributed by atoms with Gasteiger partial charge in [-0.25, -0.2) is 0 Å². The topological polar surface area (TPSA) is 47.9 Å². The van der Waals surface area contributed by atoms with Gasteiger partial charge in [-0.15, -0.1) is 0 Å². The predicted octanol–water partition coefficient (Wildman–Crippen LogP) is 3.15. The smallest absolute Gasteiger partial charge is 0.223 e. The molecule has 2 aliphatic heterocycles. The molecule has 146 valence electrons. The first-order valence-corrected chi connectivity index (χ1v) is 10.6. The van der Waals surface area contributed by atoms with Crippen LogP contribution >= 0.6 is 0 Å². The largest absolute Gasteiger partial charge is 0.357 e. The van der Waals surface area contributed by atoms with Gasteiger partial charge in [-0.1, -0.05) is 30.7 Å². The lowest BCUT2D eigenvalue weighted by atomic mass is 9.68. The lowest BCUT2D eigenvalue weighted by Gasteiger charge is -2.38. The summed E-state index contributed by atoms with van der Waals surface area (Å²) < 4.78 is 0. The molecule has 0 radical (unpaired) electrons. The minimum atomic E-state index is 0.251. The summed E-state index contributed by atoms with van der Waals surface area (Å²) in [5, 5.41) is 3.45. The second kappa shape index (κ2) is 7.91. The van der Waals surface area contributed by atoms with Gasteiger partial charge in [-0.2, -0.15) is 0 Å². The van der Waals surface area contributed by atoms with Crippen LogP contribution in [-0.4, -0.2) is 47.8 Å². The average Bonchev–Trinajstić information content (AvgIpc) is 3.28. The molecule has 1 N–H and O–H groups in total. The van der Waals surface area contributed by atoms with Crippen LogP contribution in [0.3, 0.4) is 0 Å². The molecule has 1 aromatic rings. The second-order valence-electron chi connectivity index (χ2n) is 8.38. The van der Waals surface area contributed by atoms with E-state index in [0.717, 1.165) is 51.6 Å². The fourth-order valence-corrected chi connectivity index (χ4v) is 4.71. The number of fused-ring (bicyclic) bond motifs is 1. The van der Waals surface area contributed by atoms with E-state index in [4.69, 9.17) is 4.99 Å². The zero-order chi connectivity index (χ0) is 18.7. The van der Waals surface area contributed by atoms with Crippen LogP contribution in [0, 0.1) is 5.41 Å². The molecule has 0 bridgehead atoms. The molecular formula is C22H32N4O. The average molecular weight is 369 g/mol. The third kappa shape index (κ3) is 3.97. The quantitative estimate of drug-likeness (QED) is 0.493. The molecule has 0 unspecified atom stereocenters. The number of carbonyl (C=O) groups excluding carboxylic acids is 1. The van der Waals surface area contributed by atoms with Crippen molar-refractivity contribution in [3.05, 3.63) is 35.4 Å². The van der Waals surface area contributed by atoms with Gasteiger partial charge in [-0.05, 0) is 49.1 Å². The monoisotopic (exact) mass is 368 g/mol. The van der Waals surface area contributed by atoms with Gasteiger partial charge in [0.25, 0.3) is 0 Å². The zero-order valence-electron chi connectivity index (χ0n) is 16.5. The summed E-state index contributed by atoms with van der Waals surface area (Å²) in [6.45, 7) is 7.54. The number of guanidine groups is 1. The maximum atomic E-state index is 12.5. The molecule has 1 spiro atoms. The van der Waals surface area contributed by atoms with Gasteiger partial charge in [0.2, 0.25) is 5.91 Å². The standard InChI is InChI=1S/C22H32N4O/c1-2-23-21(25-14-12-22(17-25)10-6-11-22)24-13-5-9-20(27)26-15-18-7-3-4-8-19(18)16-26/h3-4,7-8H,2,5-6,9-17H2,1H3,(H,23,24). The van der Waals surface area contributed by atoms with Crippen molar-refractivity contribution < 1.29 is 4.79 Å². The first-order valence-electron chi connectivity index (χ1n) is 10.6. The van der Waals surface area contributed by atoms with Crippen molar-refractivity contribution in [2.24, 2.45) is 10.4 Å².